The van der Waals surface area contributed by atoms with Crippen molar-refractivity contribution in [3.63, 3.8) is 0 Å². The molecule has 0 unspecified atom stereocenters. The fourth-order valence-corrected chi connectivity index (χ4v) is 5.32. The first-order valence-electron chi connectivity index (χ1n) is 12.5. The molecule has 4 amide bonds. The maximum atomic E-state index is 13.3. The van der Waals surface area contributed by atoms with Crippen LogP contribution in [0, 0.1) is 5.92 Å². The lowest BCUT2D eigenvalue weighted by molar-refractivity contribution is -0.140. The number of benzene rings is 2. The summed E-state index contributed by atoms with van der Waals surface area (Å²) in [6.07, 6.45) is 5.38. The lowest BCUT2D eigenvalue weighted by Crippen LogP contribution is -2.54. The van der Waals surface area contributed by atoms with Crippen molar-refractivity contribution in [1.29, 1.82) is 0 Å². The molecule has 0 radical (unpaired) electrons. The molecule has 36 heavy (non-hydrogen) atoms. The zero-order valence-electron chi connectivity index (χ0n) is 20.7. The number of carbonyl (C=O) groups excluding carboxylic acids is 3. The molecule has 186 valence electrons. The van der Waals surface area contributed by atoms with E-state index >= 15 is 0 Å². The predicted octanol–water partition coefficient (Wildman–Crippen LogP) is 4.00. The molecule has 1 spiro atoms. The number of hydrogen-bond donors (Lipinski definition) is 1. The summed E-state index contributed by atoms with van der Waals surface area (Å²) in [5.41, 5.74) is 2.65. The quantitative estimate of drug-likeness (QED) is 0.535. The van der Waals surface area contributed by atoms with Crippen molar-refractivity contribution < 1.29 is 14.4 Å². The summed E-state index contributed by atoms with van der Waals surface area (Å²) < 4.78 is 1.81. The van der Waals surface area contributed by atoms with E-state index in [0.717, 1.165) is 46.7 Å². The zero-order chi connectivity index (χ0) is 25.3. The fraction of sp³-hybridized carbons (Fsp3) is 0.357. The van der Waals surface area contributed by atoms with Gasteiger partial charge in [0.1, 0.15) is 12.1 Å². The van der Waals surface area contributed by atoms with E-state index in [1.54, 1.807) is 11.9 Å². The van der Waals surface area contributed by atoms with Crippen LogP contribution >= 0.6 is 0 Å². The highest BCUT2D eigenvalue weighted by molar-refractivity contribution is 6.09. The molecule has 1 saturated carbocycles. The number of hydrogen-bond acceptors (Lipinski definition) is 4. The van der Waals surface area contributed by atoms with E-state index in [9.17, 15) is 14.4 Å². The van der Waals surface area contributed by atoms with Gasteiger partial charge in [0, 0.05) is 30.9 Å². The van der Waals surface area contributed by atoms with E-state index < -0.39 is 11.6 Å². The number of imide groups is 1. The van der Waals surface area contributed by atoms with Crippen molar-refractivity contribution in [3.8, 4) is 16.9 Å². The second kappa shape index (κ2) is 9.60. The standard InChI is InChI=1S/C28H31N5O3/c1-20-11-9-10-16-28(20)26(35)32(27(36)29-28)19-24(34)31(2)17-22-18-33(23-14-7-4-8-15-23)30-25(22)21-12-5-3-6-13-21/h3-8,12-15,18,20H,9-11,16-17,19H2,1-2H3,(H,29,36)/t20-,28-/m0/s1. The van der Waals surface area contributed by atoms with Crippen LogP contribution in [0.1, 0.15) is 38.2 Å². The Morgan fingerprint density at radius 3 is 2.47 bits per heavy atom. The summed E-state index contributed by atoms with van der Waals surface area (Å²) in [4.78, 5) is 41.8. The first-order chi connectivity index (χ1) is 17.4. The van der Waals surface area contributed by atoms with Gasteiger partial charge >= 0.3 is 6.03 Å². The van der Waals surface area contributed by atoms with Gasteiger partial charge in [-0.3, -0.25) is 14.5 Å². The number of para-hydroxylation sites is 1. The van der Waals surface area contributed by atoms with Gasteiger partial charge in [0.15, 0.2) is 0 Å². The Morgan fingerprint density at radius 1 is 1.08 bits per heavy atom. The number of amides is 4. The third-order valence-electron chi connectivity index (χ3n) is 7.49. The molecule has 2 atom stereocenters. The number of carbonyl (C=O) groups is 3. The summed E-state index contributed by atoms with van der Waals surface area (Å²) >= 11 is 0. The van der Waals surface area contributed by atoms with E-state index in [-0.39, 0.29) is 24.3 Å². The number of aromatic nitrogens is 2. The second-order valence-electron chi connectivity index (χ2n) is 9.84. The monoisotopic (exact) mass is 485 g/mol. The van der Waals surface area contributed by atoms with Crippen LogP contribution < -0.4 is 5.32 Å². The van der Waals surface area contributed by atoms with Gasteiger partial charge in [-0.05, 0) is 30.9 Å². The normalized spacial score (nSPS) is 21.6. The van der Waals surface area contributed by atoms with Crippen molar-refractivity contribution in [2.24, 2.45) is 5.92 Å². The Labute approximate surface area is 210 Å². The maximum Gasteiger partial charge on any atom is 0.325 e. The van der Waals surface area contributed by atoms with Gasteiger partial charge in [0.25, 0.3) is 5.91 Å². The van der Waals surface area contributed by atoms with Gasteiger partial charge in [0.2, 0.25) is 5.91 Å². The van der Waals surface area contributed by atoms with Crippen LogP contribution in [0.4, 0.5) is 4.79 Å². The molecule has 1 aliphatic heterocycles. The van der Waals surface area contributed by atoms with Crippen LogP contribution in [0.15, 0.2) is 66.9 Å². The highest BCUT2D eigenvalue weighted by Gasteiger charge is 2.55. The largest absolute Gasteiger partial charge is 0.340 e. The minimum atomic E-state index is -0.870. The van der Waals surface area contributed by atoms with Gasteiger partial charge in [0.05, 0.1) is 11.4 Å². The Hall–Kier alpha value is -3.94. The van der Waals surface area contributed by atoms with E-state index in [1.165, 1.54) is 0 Å². The van der Waals surface area contributed by atoms with Gasteiger partial charge in [-0.1, -0.05) is 68.3 Å². The Morgan fingerprint density at radius 2 is 1.78 bits per heavy atom. The SMILES string of the molecule is C[C@H]1CCCC[C@]12NC(=O)N(CC(=O)N(C)Cc1cn(-c3ccccc3)nc1-c1ccccc1)C2=O. The van der Waals surface area contributed by atoms with Gasteiger partial charge in [-0.15, -0.1) is 0 Å². The highest BCUT2D eigenvalue weighted by atomic mass is 16.2. The zero-order valence-corrected chi connectivity index (χ0v) is 20.7. The molecular formula is C28H31N5O3. The van der Waals surface area contributed by atoms with E-state index in [2.05, 4.69) is 5.32 Å². The number of urea groups is 1. The third-order valence-corrected chi connectivity index (χ3v) is 7.49. The van der Waals surface area contributed by atoms with Crippen LogP contribution in [-0.2, 0) is 16.1 Å². The Bertz CT molecular complexity index is 1270. The average Bonchev–Trinajstić information content (AvgIpc) is 3.42. The lowest BCUT2D eigenvalue weighted by atomic mass is 9.73. The number of rotatable bonds is 6. The molecule has 1 aliphatic carbocycles. The molecule has 8 heteroatoms. The van der Waals surface area contributed by atoms with Crippen molar-refractivity contribution in [1.82, 2.24) is 24.9 Å². The first kappa shape index (κ1) is 23.8. The summed E-state index contributed by atoms with van der Waals surface area (Å²) in [6.45, 7) is 2.02. The molecule has 2 aliphatic rings. The highest BCUT2D eigenvalue weighted by Crippen LogP contribution is 2.38. The average molecular weight is 486 g/mol. The molecule has 3 aromatic rings. The molecule has 8 nitrogen and oxygen atoms in total. The van der Waals surface area contributed by atoms with E-state index in [4.69, 9.17) is 5.10 Å². The molecular weight excluding hydrogens is 454 g/mol. The lowest BCUT2D eigenvalue weighted by Gasteiger charge is -2.36. The van der Waals surface area contributed by atoms with Crippen molar-refractivity contribution in [3.05, 3.63) is 72.4 Å². The molecule has 5 rings (SSSR count). The smallest absolute Gasteiger partial charge is 0.325 e. The molecule has 1 aromatic heterocycles. The van der Waals surface area contributed by atoms with Crippen LogP contribution in [0.2, 0.25) is 0 Å². The van der Waals surface area contributed by atoms with Gasteiger partial charge in [-0.25, -0.2) is 9.48 Å². The topological polar surface area (TPSA) is 87.5 Å². The molecule has 1 N–H and O–H groups in total. The van der Waals surface area contributed by atoms with Crippen LogP contribution in [0.25, 0.3) is 16.9 Å². The predicted molar refractivity (Wildman–Crippen MR) is 136 cm³/mol. The Kier molecular flexibility index (Phi) is 6.35. The summed E-state index contributed by atoms with van der Waals surface area (Å²) in [7, 11) is 1.69. The first-order valence-corrected chi connectivity index (χ1v) is 12.5. The molecule has 2 fully saturated rings. The number of nitrogens with one attached hydrogen (secondary N) is 1. The van der Waals surface area contributed by atoms with Crippen molar-refractivity contribution >= 4 is 17.8 Å². The summed E-state index contributed by atoms with van der Waals surface area (Å²) in [5, 5.41) is 7.72. The summed E-state index contributed by atoms with van der Waals surface area (Å²) in [5.74, 6) is -0.522. The minimum absolute atomic E-state index is 0.0535. The number of nitrogens with zero attached hydrogens (tertiary/aromatic N) is 4. The van der Waals surface area contributed by atoms with E-state index in [0.29, 0.717) is 13.0 Å². The van der Waals surface area contributed by atoms with Gasteiger partial charge in [-0.2, -0.15) is 5.10 Å². The van der Waals surface area contributed by atoms with Crippen LogP contribution in [0.5, 0.6) is 0 Å². The molecule has 1 saturated heterocycles. The summed E-state index contributed by atoms with van der Waals surface area (Å²) in [6, 6.07) is 19.2. The van der Waals surface area contributed by atoms with E-state index in [1.807, 2.05) is 78.5 Å². The molecule has 2 aromatic carbocycles. The van der Waals surface area contributed by atoms with Gasteiger partial charge < -0.3 is 10.2 Å². The Balaban J connectivity index is 1.35. The molecule has 2 heterocycles. The number of likely N-dealkylation sites (N-methyl/N-ethyl adjacent to an activating group) is 1. The third kappa shape index (κ3) is 4.27. The van der Waals surface area contributed by atoms with Crippen LogP contribution in [-0.4, -0.2) is 56.6 Å². The molecule has 0 bridgehead atoms. The van der Waals surface area contributed by atoms with Crippen LogP contribution in [0.3, 0.4) is 0 Å². The second-order valence-corrected chi connectivity index (χ2v) is 9.84. The van der Waals surface area contributed by atoms with Crippen molar-refractivity contribution in [2.45, 2.75) is 44.7 Å². The minimum Gasteiger partial charge on any atom is -0.340 e. The fourth-order valence-electron chi connectivity index (χ4n) is 5.32. The van der Waals surface area contributed by atoms with Crippen molar-refractivity contribution in [2.75, 3.05) is 13.6 Å². The maximum absolute atomic E-state index is 13.3.